The van der Waals surface area contributed by atoms with Crippen molar-refractivity contribution in [3.63, 3.8) is 0 Å². The van der Waals surface area contributed by atoms with Gasteiger partial charge in [-0.05, 0) is 37.6 Å². The molecule has 6 heteroatoms. The molecule has 3 heterocycles. The van der Waals surface area contributed by atoms with E-state index in [0.717, 1.165) is 26.8 Å². The fourth-order valence-electron chi connectivity index (χ4n) is 2.04. The highest BCUT2D eigenvalue weighted by Crippen LogP contribution is 2.33. The fraction of sp³-hybridized carbons (Fsp3) is 0.211. The third-order valence-corrected chi connectivity index (χ3v) is 4.47. The predicted octanol–water partition coefficient (Wildman–Crippen LogP) is 4.94. The molecule has 0 atom stereocenters. The summed E-state index contributed by atoms with van der Waals surface area (Å²) >= 11 is 1.56. The molecular weight excluding hydrogens is 330 g/mol. The quantitative estimate of drug-likeness (QED) is 0.675. The van der Waals surface area contributed by atoms with Gasteiger partial charge in [0, 0.05) is 24.2 Å². The molecule has 25 heavy (non-hydrogen) atoms. The number of rotatable bonds is 4. The van der Waals surface area contributed by atoms with Crippen molar-refractivity contribution in [2.75, 3.05) is 0 Å². The lowest BCUT2D eigenvalue weighted by atomic mass is 10.2. The van der Waals surface area contributed by atoms with Gasteiger partial charge in [-0.2, -0.15) is 0 Å². The van der Waals surface area contributed by atoms with Gasteiger partial charge in [-0.15, -0.1) is 11.3 Å². The van der Waals surface area contributed by atoms with E-state index in [1.807, 2.05) is 39.0 Å². The molecule has 0 unspecified atom stereocenters. The second kappa shape index (κ2) is 8.39. The molecule has 0 aliphatic carbocycles. The van der Waals surface area contributed by atoms with Crippen molar-refractivity contribution >= 4 is 17.0 Å². The molecule has 1 N–H and O–H groups in total. The first-order valence-electron chi connectivity index (χ1n) is 8.02. The van der Waals surface area contributed by atoms with Crippen LogP contribution in [-0.2, 0) is 0 Å². The largest absolute Gasteiger partial charge is 0.297 e. The second-order valence-electron chi connectivity index (χ2n) is 5.10. The Morgan fingerprint density at radius 2 is 1.92 bits per heavy atom. The van der Waals surface area contributed by atoms with E-state index in [-0.39, 0.29) is 5.71 Å². The van der Waals surface area contributed by atoms with Crippen LogP contribution in [0.3, 0.4) is 0 Å². The SMILES string of the molecule is C=C(C)C(=N)c1nccc(-c2sc(-c3cccnc3)nc2C)n1.CC. The first-order valence-corrected chi connectivity index (χ1v) is 8.84. The van der Waals surface area contributed by atoms with Gasteiger partial charge in [-0.25, -0.2) is 15.0 Å². The minimum absolute atomic E-state index is 0.251. The van der Waals surface area contributed by atoms with Crippen LogP contribution in [0.1, 0.15) is 32.3 Å². The third-order valence-electron chi connectivity index (χ3n) is 3.24. The maximum Gasteiger partial charge on any atom is 0.178 e. The highest BCUT2D eigenvalue weighted by Gasteiger charge is 2.14. The molecule has 0 saturated heterocycles. The molecule has 0 aliphatic heterocycles. The van der Waals surface area contributed by atoms with Gasteiger partial charge in [0.15, 0.2) is 5.82 Å². The number of aromatic nitrogens is 4. The van der Waals surface area contributed by atoms with Crippen molar-refractivity contribution in [1.82, 2.24) is 19.9 Å². The Labute approximate surface area is 152 Å². The Balaban J connectivity index is 0.00000109. The minimum atomic E-state index is 0.251. The van der Waals surface area contributed by atoms with Crippen molar-refractivity contribution in [3.8, 4) is 21.1 Å². The lowest BCUT2D eigenvalue weighted by Crippen LogP contribution is -2.06. The van der Waals surface area contributed by atoms with Crippen LogP contribution in [0, 0.1) is 12.3 Å². The van der Waals surface area contributed by atoms with Crippen molar-refractivity contribution in [2.24, 2.45) is 0 Å². The van der Waals surface area contributed by atoms with Gasteiger partial charge in [-0.1, -0.05) is 20.4 Å². The second-order valence-corrected chi connectivity index (χ2v) is 6.10. The molecule has 3 aromatic rings. The van der Waals surface area contributed by atoms with Crippen LogP contribution in [0.2, 0.25) is 0 Å². The molecule has 128 valence electrons. The summed E-state index contributed by atoms with van der Waals surface area (Å²) in [6, 6.07) is 5.71. The third kappa shape index (κ3) is 4.22. The molecule has 5 nitrogen and oxygen atoms in total. The molecule has 3 aromatic heterocycles. The Morgan fingerprint density at radius 3 is 2.56 bits per heavy atom. The summed E-state index contributed by atoms with van der Waals surface area (Å²) in [4.78, 5) is 18.4. The number of nitrogens with one attached hydrogen (secondary N) is 1. The number of hydrogen-bond acceptors (Lipinski definition) is 6. The summed E-state index contributed by atoms with van der Waals surface area (Å²) < 4.78 is 0. The molecule has 3 rings (SSSR count). The van der Waals surface area contributed by atoms with Gasteiger partial charge in [0.2, 0.25) is 0 Å². The van der Waals surface area contributed by atoms with Crippen molar-refractivity contribution < 1.29 is 0 Å². The number of aryl methyl sites for hydroxylation is 1. The zero-order chi connectivity index (χ0) is 18.4. The van der Waals surface area contributed by atoms with E-state index in [0.29, 0.717) is 11.4 Å². The fourth-order valence-corrected chi connectivity index (χ4v) is 3.07. The van der Waals surface area contributed by atoms with Crippen molar-refractivity contribution in [1.29, 1.82) is 5.41 Å². The molecule has 0 amide bonds. The Morgan fingerprint density at radius 1 is 1.16 bits per heavy atom. The zero-order valence-electron chi connectivity index (χ0n) is 14.9. The standard InChI is InChI=1S/C17H15N5S.C2H6/c1-10(2)14(18)16-20-8-6-13(22-16)15-11(3)21-17(23-15)12-5-4-7-19-9-12;1-2/h4-9,18H,1H2,2-3H3;1-2H3. The monoisotopic (exact) mass is 351 g/mol. The van der Waals surface area contributed by atoms with Crippen LogP contribution in [0.5, 0.6) is 0 Å². The summed E-state index contributed by atoms with van der Waals surface area (Å²) in [5.41, 5.74) is 3.54. The molecular formula is C19H21N5S. The smallest absolute Gasteiger partial charge is 0.178 e. The van der Waals surface area contributed by atoms with Crippen LogP contribution in [0.25, 0.3) is 21.1 Å². The van der Waals surface area contributed by atoms with E-state index in [1.54, 1.807) is 36.9 Å². The number of pyridine rings is 1. The topological polar surface area (TPSA) is 75.4 Å². The average Bonchev–Trinajstić information content (AvgIpc) is 3.05. The normalized spacial score (nSPS) is 9.92. The predicted molar refractivity (Wildman–Crippen MR) is 104 cm³/mol. The molecule has 0 aliphatic rings. The van der Waals surface area contributed by atoms with E-state index in [4.69, 9.17) is 5.41 Å². The van der Waals surface area contributed by atoms with E-state index in [9.17, 15) is 0 Å². The van der Waals surface area contributed by atoms with Crippen molar-refractivity contribution in [2.45, 2.75) is 27.7 Å². The highest BCUT2D eigenvalue weighted by molar-refractivity contribution is 7.18. The van der Waals surface area contributed by atoms with E-state index in [1.165, 1.54) is 0 Å². The Kier molecular flexibility index (Phi) is 6.25. The average molecular weight is 351 g/mol. The summed E-state index contributed by atoms with van der Waals surface area (Å²) in [6.45, 7) is 11.5. The lowest BCUT2D eigenvalue weighted by molar-refractivity contribution is 1.12. The molecule has 0 aromatic carbocycles. The Bertz CT molecular complexity index is 884. The number of allylic oxidation sites excluding steroid dienone is 1. The molecule has 0 bridgehead atoms. The Hall–Kier alpha value is -2.73. The van der Waals surface area contributed by atoms with Gasteiger partial charge < -0.3 is 0 Å². The molecule has 0 radical (unpaired) electrons. The molecule has 0 saturated carbocycles. The van der Waals surface area contributed by atoms with Crippen LogP contribution in [0.4, 0.5) is 0 Å². The van der Waals surface area contributed by atoms with Crippen LogP contribution >= 0.6 is 11.3 Å². The van der Waals surface area contributed by atoms with Crippen LogP contribution in [0.15, 0.2) is 48.9 Å². The first-order chi connectivity index (χ1) is 12.1. The molecule has 0 fully saturated rings. The summed E-state index contributed by atoms with van der Waals surface area (Å²) in [7, 11) is 0. The van der Waals surface area contributed by atoms with E-state index in [2.05, 4.69) is 26.5 Å². The van der Waals surface area contributed by atoms with Crippen LogP contribution < -0.4 is 0 Å². The maximum atomic E-state index is 7.99. The number of hydrogen-bond donors (Lipinski definition) is 1. The first kappa shape index (κ1) is 18.6. The van der Waals surface area contributed by atoms with E-state index >= 15 is 0 Å². The summed E-state index contributed by atoms with van der Waals surface area (Å²) in [5.74, 6) is 0.380. The van der Waals surface area contributed by atoms with Gasteiger partial charge in [-0.3, -0.25) is 10.4 Å². The zero-order valence-corrected chi connectivity index (χ0v) is 15.7. The lowest BCUT2D eigenvalue weighted by Gasteiger charge is -2.03. The van der Waals surface area contributed by atoms with Gasteiger partial charge in [0.05, 0.1) is 16.3 Å². The maximum absolute atomic E-state index is 7.99. The van der Waals surface area contributed by atoms with Gasteiger partial charge >= 0.3 is 0 Å². The summed E-state index contributed by atoms with van der Waals surface area (Å²) in [6.07, 6.45) is 5.20. The van der Waals surface area contributed by atoms with Crippen molar-refractivity contribution in [3.05, 3.63) is 60.5 Å². The van der Waals surface area contributed by atoms with Gasteiger partial charge in [0.25, 0.3) is 0 Å². The van der Waals surface area contributed by atoms with Crippen LogP contribution in [-0.4, -0.2) is 25.6 Å². The summed E-state index contributed by atoms with van der Waals surface area (Å²) in [5, 5.41) is 8.90. The van der Waals surface area contributed by atoms with E-state index < -0.39 is 0 Å². The number of thiazole rings is 1. The molecule has 0 spiro atoms. The minimum Gasteiger partial charge on any atom is -0.297 e. The van der Waals surface area contributed by atoms with Gasteiger partial charge in [0.1, 0.15) is 10.7 Å². The number of nitrogens with zero attached hydrogens (tertiary/aromatic N) is 4. The highest BCUT2D eigenvalue weighted by atomic mass is 32.1.